The van der Waals surface area contributed by atoms with Gasteiger partial charge in [0.05, 0.1) is 12.6 Å². The minimum Gasteiger partial charge on any atom is -0.399 e. The van der Waals surface area contributed by atoms with Gasteiger partial charge in [-0.25, -0.2) is 4.68 Å². The number of hydrogen-bond acceptors (Lipinski definition) is 6. The SMILES string of the molecule is CCOCC(C(C)C)n1nnnc1-c1cc(N)cc(N)c1. The minimum absolute atomic E-state index is 0.0533. The molecule has 2 aromatic rings. The quantitative estimate of drug-likeness (QED) is 0.785. The lowest BCUT2D eigenvalue weighted by Crippen LogP contribution is -2.23. The molecule has 0 saturated carbocycles. The van der Waals surface area contributed by atoms with Gasteiger partial charge in [-0.15, -0.1) is 5.10 Å². The van der Waals surface area contributed by atoms with Crippen molar-refractivity contribution in [1.29, 1.82) is 0 Å². The Morgan fingerprint density at radius 2 is 1.86 bits per heavy atom. The van der Waals surface area contributed by atoms with Crippen molar-refractivity contribution in [2.24, 2.45) is 5.92 Å². The fourth-order valence-corrected chi connectivity index (χ4v) is 2.20. The molecule has 0 aliphatic carbocycles. The molecule has 114 valence electrons. The van der Waals surface area contributed by atoms with Crippen LogP contribution in [0.25, 0.3) is 11.4 Å². The van der Waals surface area contributed by atoms with Crippen molar-refractivity contribution in [3.63, 3.8) is 0 Å². The molecule has 1 heterocycles. The van der Waals surface area contributed by atoms with E-state index in [0.717, 1.165) is 5.56 Å². The summed E-state index contributed by atoms with van der Waals surface area (Å²) in [7, 11) is 0. The average molecular weight is 290 g/mol. The van der Waals surface area contributed by atoms with E-state index < -0.39 is 0 Å². The molecule has 7 nitrogen and oxygen atoms in total. The molecule has 2 rings (SSSR count). The summed E-state index contributed by atoms with van der Waals surface area (Å²) in [5, 5.41) is 12.0. The third-order valence-corrected chi connectivity index (χ3v) is 3.31. The summed E-state index contributed by atoms with van der Waals surface area (Å²) in [5.41, 5.74) is 13.7. The summed E-state index contributed by atoms with van der Waals surface area (Å²) in [6.45, 7) is 7.41. The third kappa shape index (κ3) is 3.49. The summed E-state index contributed by atoms with van der Waals surface area (Å²) in [6, 6.07) is 5.39. The van der Waals surface area contributed by atoms with E-state index in [1.54, 1.807) is 10.7 Å². The molecule has 0 amide bonds. The highest BCUT2D eigenvalue weighted by Crippen LogP contribution is 2.27. The van der Waals surface area contributed by atoms with Gasteiger partial charge >= 0.3 is 0 Å². The van der Waals surface area contributed by atoms with Gasteiger partial charge in [-0.1, -0.05) is 13.8 Å². The maximum atomic E-state index is 5.85. The molecule has 0 radical (unpaired) electrons. The molecule has 7 heteroatoms. The van der Waals surface area contributed by atoms with Gasteiger partial charge in [0.2, 0.25) is 0 Å². The number of nitrogens with zero attached hydrogens (tertiary/aromatic N) is 4. The van der Waals surface area contributed by atoms with Crippen LogP contribution in [-0.2, 0) is 4.74 Å². The smallest absolute Gasteiger partial charge is 0.182 e. The Balaban J connectivity index is 2.40. The first-order chi connectivity index (χ1) is 10.0. The lowest BCUT2D eigenvalue weighted by Gasteiger charge is -2.21. The van der Waals surface area contributed by atoms with Crippen molar-refractivity contribution in [3.05, 3.63) is 18.2 Å². The van der Waals surface area contributed by atoms with E-state index in [4.69, 9.17) is 16.2 Å². The van der Waals surface area contributed by atoms with E-state index in [-0.39, 0.29) is 6.04 Å². The molecule has 4 N–H and O–H groups in total. The molecular formula is C14H22N6O. The maximum absolute atomic E-state index is 5.85. The number of nitrogen functional groups attached to an aromatic ring is 2. The first kappa shape index (κ1) is 15.2. The monoisotopic (exact) mass is 290 g/mol. The van der Waals surface area contributed by atoms with E-state index in [0.29, 0.717) is 36.3 Å². The van der Waals surface area contributed by atoms with E-state index in [1.807, 2.05) is 19.1 Å². The standard InChI is InChI=1S/C14H22N6O/c1-4-21-8-13(9(2)3)20-14(17-18-19-20)10-5-11(15)7-12(16)6-10/h5-7,9,13H,4,8,15-16H2,1-3H3. The molecule has 0 fully saturated rings. The van der Waals surface area contributed by atoms with Crippen LogP contribution < -0.4 is 11.5 Å². The van der Waals surface area contributed by atoms with Crippen LogP contribution in [0.4, 0.5) is 11.4 Å². The van der Waals surface area contributed by atoms with Gasteiger partial charge in [0.1, 0.15) is 0 Å². The average Bonchev–Trinajstić information content (AvgIpc) is 2.87. The second-order valence-corrected chi connectivity index (χ2v) is 5.31. The number of aromatic nitrogens is 4. The summed E-state index contributed by atoms with van der Waals surface area (Å²) in [5.74, 6) is 0.976. The van der Waals surface area contributed by atoms with Crippen LogP contribution in [0, 0.1) is 5.92 Å². The van der Waals surface area contributed by atoms with Crippen LogP contribution in [0.1, 0.15) is 26.8 Å². The molecular weight excluding hydrogens is 268 g/mol. The molecule has 0 spiro atoms. The Morgan fingerprint density at radius 3 is 2.43 bits per heavy atom. The molecule has 1 aromatic heterocycles. The van der Waals surface area contributed by atoms with Crippen LogP contribution in [0.15, 0.2) is 18.2 Å². The predicted octanol–water partition coefficient (Wildman–Crippen LogP) is 1.74. The van der Waals surface area contributed by atoms with Gasteiger partial charge < -0.3 is 16.2 Å². The predicted molar refractivity (Wildman–Crippen MR) is 82.4 cm³/mol. The summed E-state index contributed by atoms with van der Waals surface area (Å²) < 4.78 is 7.34. The first-order valence-electron chi connectivity index (χ1n) is 7.05. The van der Waals surface area contributed by atoms with Crippen molar-refractivity contribution >= 4 is 11.4 Å². The van der Waals surface area contributed by atoms with Crippen LogP contribution in [0.5, 0.6) is 0 Å². The van der Waals surface area contributed by atoms with Gasteiger partial charge in [0, 0.05) is 23.5 Å². The Bertz CT molecular complexity index is 575. The van der Waals surface area contributed by atoms with Gasteiger partial charge in [-0.2, -0.15) is 0 Å². The third-order valence-electron chi connectivity index (χ3n) is 3.31. The number of hydrogen-bond donors (Lipinski definition) is 2. The Labute approximate surface area is 124 Å². The van der Waals surface area contributed by atoms with Crippen LogP contribution in [0.3, 0.4) is 0 Å². The lowest BCUT2D eigenvalue weighted by molar-refractivity contribution is 0.0913. The Kier molecular flexibility index (Phi) is 4.74. The van der Waals surface area contributed by atoms with E-state index in [9.17, 15) is 0 Å². The Morgan fingerprint density at radius 1 is 1.19 bits per heavy atom. The van der Waals surface area contributed by atoms with E-state index in [2.05, 4.69) is 29.4 Å². The summed E-state index contributed by atoms with van der Waals surface area (Å²) in [6.07, 6.45) is 0. The zero-order chi connectivity index (χ0) is 15.4. The molecule has 1 aromatic carbocycles. The minimum atomic E-state index is 0.0533. The normalized spacial score (nSPS) is 12.8. The number of ether oxygens (including phenoxy) is 1. The van der Waals surface area contributed by atoms with Gasteiger partial charge in [0.15, 0.2) is 5.82 Å². The number of benzene rings is 1. The van der Waals surface area contributed by atoms with Crippen LogP contribution >= 0.6 is 0 Å². The highest BCUT2D eigenvalue weighted by Gasteiger charge is 2.22. The van der Waals surface area contributed by atoms with Crippen molar-refractivity contribution in [2.75, 3.05) is 24.7 Å². The van der Waals surface area contributed by atoms with E-state index in [1.165, 1.54) is 0 Å². The number of anilines is 2. The molecule has 1 unspecified atom stereocenters. The van der Waals surface area contributed by atoms with Crippen LogP contribution in [0.2, 0.25) is 0 Å². The molecule has 0 bridgehead atoms. The second-order valence-electron chi connectivity index (χ2n) is 5.31. The Hall–Kier alpha value is -2.15. The highest BCUT2D eigenvalue weighted by atomic mass is 16.5. The maximum Gasteiger partial charge on any atom is 0.182 e. The lowest BCUT2D eigenvalue weighted by atomic mass is 10.0. The van der Waals surface area contributed by atoms with Crippen molar-refractivity contribution in [1.82, 2.24) is 20.2 Å². The fourth-order valence-electron chi connectivity index (χ4n) is 2.20. The number of rotatable bonds is 6. The van der Waals surface area contributed by atoms with Crippen molar-refractivity contribution in [3.8, 4) is 11.4 Å². The molecule has 0 saturated heterocycles. The molecule has 1 atom stereocenters. The van der Waals surface area contributed by atoms with Gasteiger partial charge in [-0.3, -0.25) is 0 Å². The zero-order valence-electron chi connectivity index (χ0n) is 12.7. The number of tetrazole rings is 1. The van der Waals surface area contributed by atoms with Crippen molar-refractivity contribution in [2.45, 2.75) is 26.8 Å². The van der Waals surface area contributed by atoms with E-state index >= 15 is 0 Å². The summed E-state index contributed by atoms with van der Waals surface area (Å²) >= 11 is 0. The topological polar surface area (TPSA) is 105 Å². The zero-order valence-corrected chi connectivity index (χ0v) is 12.7. The van der Waals surface area contributed by atoms with Crippen molar-refractivity contribution < 1.29 is 4.74 Å². The molecule has 0 aliphatic heterocycles. The molecule has 0 aliphatic rings. The van der Waals surface area contributed by atoms with Gasteiger partial charge in [-0.05, 0) is 41.5 Å². The number of nitrogens with two attached hydrogens (primary N) is 2. The second kappa shape index (κ2) is 6.53. The molecule has 21 heavy (non-hydrogen) atoms. The fraction of sp³-hybridized carbons (Fsp3) is 0.500. The highest BCUT2D eigenvalue weighted by molar-refractivity contribution is 5.67. The first-order valence-corrected chi connectivity index (χ1v) is 7.05. The summed E-state index contributed by atoms with van der Waals surface area (Å²) in [4.78, 5) is 0. The van der Waals surface area contributed by atoms with Gasteiger partial charge in [0.25, 0.3) is 0 Å². The van der Waals surface area contributed by atoms with Crippen LogP contribution in [-0.4, -0.2) is 33.4 Å². The largest absolute Gasteiger partial charge is 0.399 e.